The second-order valence-corrected chi connectivity index (χ2v) is 9.02. The number of rotatable bonds is 6. The normalized spacial score (nSPS) is 11.7. The van der Waals surface area contributed by atoms with Crippen molar-refractivity contribution in [2.45, 2.75) is 39.5 Å². The minimum atomic E-state index is -0.0342. The zero-order chi connectivity index (χ0) is 23.0. The number of fused-ring (bicyclic) bond motifs is 1. The molecular formula is C24H28N6O2. The molecule has 0 amide bonds. The van der Waals surface area contributed by atoms with Crippen LogP contribution in [0.15, 0.2) is 42.6 Å². The number of pyridine rings is 1. The number of ether oxygens (including phenoxy) is 1. The van der Waals surface area contributed by atoms with E-state index in [0.29, 0.717) is 23.1 Å². The Labute approximate surface area is 187 Å². The molecule has 4 rings (SSSR count). The summed E-state index contributed by atoms with van der Waals surface area (Å²) in [6.45, 7) is 7.97. The van der Waals surface area contributed by atoms with Crippen molar-refractivity contribution in [2.24, 2.45) is 14.1 Å². The van der Waals surface area contributed by atoms with Gasteiger partial charge in [0, 0.05) is 50.3 Å². The molecule has 0 fully saturated rings. The molecule has 0 saturated carbocycles. The lowest BCUT2D eigenvalue weighted by molar-refractivity contribution is -0.116. The van der Waals surface area contributed by atoms with Gasteiger partial charge in [-0.05, 0) is 25.1 Å². The van der Waals surface area contributed by atoms with Crippen LogP contribution in [0.5, 0.6) is 11.5 Å². The topological polar surface area (TPSA) is 86.9 Å². The molecule has 0 aliphatic carbocycles. The van der Waals surface area contributed by atoms with Gasteiger partial charge in [0.2, 0.25) is 5.95 Å². The monoisotopic (exact) mass is 432 g/mol. The van der Waals surface area contributed by atoms with Gasteiger partial charge in [-0.25, -0.2) is 4.98 Å². The highest BCUT2D eigenvalue weighted by Crippen LogP contribution is 2.29. The number of nitrogens with one attached hydrogen (secondary N) is 1. The first-order valence-electron chi connectivity index (χ1n) is 10.5. The molecule has 3 heterocycles. The van der Waals surface area contributed by atoms with E-state index in [-0.39, 0.29) is 17.6 Å². The fraction of sp³-hybridized carbons (Fsp3) is 0.333. The van der Waals surface area contributed by atoms with Crippen LogP contribution in [0.25, 0.3) is 11.0 Å². The van der Waals surface area contributed by atoms with Crippen LogP contribution in [0.4, 0.5) is 11.8 Å². The van der Waals surface area contributed by atoms with Crippen molar-refractivity contribution in [3.63, 3.8) is 0 Å². The smallest absolute Gasteiger partial charge is 0.209 e. The summed E-state index contributed by atoms with van der Waals surface area (Å²) in [6.07, 6.45) is 1.94. The molecule has 3 aromatic heterocycles. The van der Waals surface area contributed by atoms with E-state index >= 15 is 0 Å². The minimum Gasteiger partial charge on any atom is -0.457 e. The number of nitrogens with zero attached hydrogens (tertiary/aromatic N) is 5. The highest BCUT2D eigenvalue weighted by molar-refractivity contribution is 5.81. The van der Waals surface area contributed by atoms with Gasteiger partial charge in [0.25, 0.3) is 0 Å². The van der Waals surface area contributed by atoms with Gasteiger partial charge in [-0.3, -0.25) is 14.5 Å². The molecule has 0 unspecified atom stereocenters. The summed E-state index contributed by atoms with van der Waals surface area (Å²) >= 11 is 0. The summed E-state index contributed by atoms with van der Waals surface area (Å²) in [4.78, 5) is 20.3. The molecule has 8 heteroatoms. The first-order valence-corrected chi connectivity index (χ1v) is 10.5. The molecule has 1 aromatic carbocycles. The molecule has 8 nitrogen and oxygen atoms in total. The number of hydrogen-bond acceptors (Lipinski definition) is 6. The van der Waals surface area contributed by atoms with Crippen LogP contribution in [0.1, 0.15) is 39.1 Å². The average Bonchev–Trinajstić information content (AvgIpc) is 3.22. The molecule has 0 spiro atoms. The van der Waals surface area contributed by atoms with Crippen molar-refractivity contribution in [1.82, 2.24) is 24.3 Å². The molecule has 1 N–H and O–H groups in total. The summed E-state index contributed by atoms with van der Waals surface area (Å²) in [5.41, 5.74) is 3.45. The van der Waals surface area contributed by atoms with Crippen molar-refractivity contribution < 1.29 is 9.53 Å². The fourth-order valence-corrected chi connectivity index (χ4v) is 3.42. The second-order valence-electron chi connectivity index (χ2n) is 9.02. The number of benzene rings is 1. The van der Waals surface area contributed by atoms with Crippen LogP contribution in [0.2, 0.25) is 0 Å². The predicted molar refractivity (Wildman–Crippen MR) is 125 cm³/mol. The summed E-state index contributed by atoms with van der Waals surface area (Å²) < 4.78 is 9.84. The van der Waals surface area contributed by atoms with E-state index in [2.05, 4.69) is 42.2 Å². The number of aryl methyl sites for hydroxylation is 2. The van der Waals surface area contributed by atoms with Crippen molar-refractivity contribution in [3.05, 3.63) is 54.0 Å². The van der Waals surface area contributed by atoms with Crippen LogP contribution in [-0.4, -0.2) is 30.1 Å². The Morgan fingerprint density at radius 3 is 2.53 bits per heavy atom. The van der Waals surface area contributed by atoms with E-state index in [1.165, 1.54) is 0 Å². The van der Waals surface area contributed by atoms with E-state index in [1.54, 1.807) is 25.3 Å². The van der Waals surface area contributed by atoms with Crippen LogP contribution in [-0.2, 0) is 30.7 Å². The van der Waals surface area contributed by atoms with Gasteiger partial charge in [0.05, 0.1) is 22.4 Å². The third-order valence-corrected chi connectivity index (χ3v) is 5.19. The maximum atomic E-state index is 11.4. The standard InChI is InChI=1S/C24H28N6O2/c1-15(31)11-16-12-18(9-10-25-16)32-17-7-8-19-20(13-17)29(5)23(26-19)27-22-14-21(24(2,3)4)28-30(22)6/h7-10,12-14H,11H2,1-6H3,(H,26,27). The van der Waals surface area contributed by atoms with E-state index in [1.807, 2.05) is 41.5 Å². The lowest BCUT2D eigenvalue weighted by atomic mass is 9.92. The third-order valence-electron chi connectivity index (χ3n) is 5.19. The summed E-state index contributed by atoms with van der Waals surface area (Å²) in [5, 5.41) is 8.01. The van der Waals surface area contributed by atoms with E-state index in [0.717, 1.165) is 22.5 Å². The number of carbonyl (C=O) groups excluding carboxylic acids is 1. The quantitative estimate of drug-likeness (QED) is 0.477. The molecule has 4 aromatic rings. The Bertz CT molecular complexity index is 1300. The highest BCUT2D eigenvalue weighted by Gasteiger charge is 2.20. The fourth-order valence-electron chi connectivity index (χ4n) is 3.42. The molecule has 0 saturated heterocycles. The summed E-state index contributed by atoms with van der Waals surface area (Å²) in [6, 6.07) is 11.4. The van der Waals surface area contributed by atoms with Crippen LogP contribution < -0.4 is 10.1 Å². The molecular weight excluding hydrogens is 404 g/mol. The zero-order valence-electron chi connectivity index (χ0n) is 19.3. The number of hydrogen-bond donors (Lipinski definition) is 1. The SMILES string of the molecule is CC(=O)Cc1cc(Oc2ccc3nc(Nc4cc(C(C)(C)C)nn4C)n(C)c3c2)ccn1. The Morgan fingerprint density at radius 1 is 1.09 bits per heavy atom. The number of carbonyl (C=O) groups is 1. The Balaban J connectivity index is 1.59. The minimum absolute atomic E-state index is 0.0342. The van der Waals surface area contributed by atoms with Gasteiger partial charge in [-0.15, -0.1) is 0 Å². The van der Waals surface area contributed by atoms with E-state index < -0.39 is 0 Å². The van der Waals surface area contributed by atoms with Gasteiger partial charge in [-0.1, -0.05) is 20.8 Å². The Kier molecular flexibility index (Phi) is 5.46. The van der Waals surface area contributed by atoms with Crippen molar-refractivity contribution in [1.29, 1.82) is 0 Å². The molecule has 0 radical (unpaired) electrons. The molecule has 0 bridgehead atoms. The highest BCUT2D eigenvalue weighted by atomic mass is 16.5. The lowest BCUT2D eigenvalue weighted by Crippen LogP contribution is -2.12. The van der Waals surface area contributed by atoms with Crippen molar-refractivity contribution in [2.75, 3.05) is 5.32 Å². The van der Waals surface area contributed by atoms with Crippen molar-refractivity contribution in [3.8, 4) is 11.5 Å². The molecule has 166 valence electrons. The van der Waals surface area contributed by atoms with Gasteiger partial charge in [0.1, 0.15) is 23.1 Å². The number of aromatic nitrogens is 5. The Morgan fingerprint density at radius 2 is 1.84 bits per heavy atom. The number of Topliss-reactive ketones (excluding diaryl/α,β-unsaturated/α-hetero) is 1. The zero-order valence-corrected chi connectivity index (χ0v) is 19.3. The predicted octanol–water partition coefficient (Wildman–Crippen LogP) is 4.67. The van der Waals surface area contributed by atoms with Gasteiger partial charge < -0.3 is 14.6 Å². The maximum Gasteiger partial charge on any atom is 0.209 e. The van der Waals surface area contributed by atoms with Gasteiger partial charge in [0.15, 0.2) is 0 Å². The summed E-state index contributed by atoms with van der Waals surface area (Å²) in [5.74, 6) is 2.98. The third kappa shape index (κ3) is 4.49. The molecule has 0 aliphatic heterocycles. The largest absolute Gasteiger partial charge is 0.457 e. The van der Waals surface area contributed by atoms with E-state index in [9.17, 15) is 4.79 Å². The van der Waals surface area contributed by atoms with Crippen LogP contribution in [0.3, 0.4) is 0 Å². The number of imidazole rings is 1. The Hall–Kier alpha value is -3.68. The molecule has 0 aliphatic rings. The first-order chi connectivity index (χ1) is 15.1. The lowest BCUT2D eigenvalue weighted by Gasteiger charge is -2.13. The molecule has 0 atom stereocenters. The maximum absolute atomic E-state index is 11.4. The van der Waals surface area contributed by atoms with Gasteiger partial charge in [-0.2, -0.15) is 5.10 Å². The van der Waals surface area contributed by atoms with Crippen LogP contribution in [0, 0.1) is 0 Å². The number of ketones is 1. The van der Waals surface area contributed by atoms with Gasteiger partial charge >= 0.3 is 0 Å². The first kappa shape index (κ1) is 21.5. The van der Waals surface area contributed by atoms with Crippen LogP contribution >= 0.6 is 0 Å². The van der Waals surface area contributed by atoms with Crippen molar-refractivity contribution >= 4 is 28.6 Å². The second kappa shape index (κ2) is 8.11. The summed E-state index contributed by atoms with van der Waals surface area (Å²) in [7, 11) is 3.88. The number of anilines is 2. The average molecular weight is 433 g/mol. The van der Waals surface area contributed by atoms with E-state index in [4.69, 9.17) is 9.72 Å². The molecule has 32 heavy (non-hydrogen) atoms.